The van der Waals surface area contributed by atoms with Gasteiger partial charge in [0.05, 0.1) is 0 Å². The number of carboxylic acids is 2. The molecule has 0 spiro atoms. The van der Waals surface area contributed by atoms with Crippen LogP contribution in [-0.4, -0.2) is 34.1 Å². The lowest BCUT2D eigenvalue weighted by Gasteiger charge is -2.16. The second kappa shape index (κ2) is 7.65. The number of amides is 1. The minimum absolute atomic E-state index is 0.0943. The number of hydrogen-bond donors (Lipinski definition) is 3. The highest BCUT2D eigenvalue weighted by Gasteiger charge is 2.21. The maximum Gasteiger partial charge on any atom is 0.326 e. The molecule has 0 saturated heterocycles. The van der Waals surface area contributed by atoms with Crippen molar-refractivity contribution < 1.29 is 24.6 Å². The van der Waals surface area contributed by atoms with Gasteiger partial charge in [-0.2, -0.15) is 0 Å². The Labute approximate surface area is 100 Å². The monoisotopic (exact) mass is 245 g/mol. The summed E-state index contributed by atoms with van der Waals surface area (Å²) >= 11 is 0. The van der Waals surface area contributed by atoms with E-state index in [2.05, 4.69) is 5.32 Å². The van der Waals surface area contributed by atoms with Gasteiger partial charge in [-0.15, -0.1) is 0 Å². The number of rotatable bonds is 8. The number of carbonyl (C=O) groups excluding carboxylic acids is 1. The molecule has 98 valence electrons. The number of hydrogen-bond acceptors (Lipinski definition) is 3. The Hall–Kier alpha value is -1.59. The molecule has 0 aliphatic rings. The molecule has 0 bridgehead atoms. The molecule has 0 rings (SSSR count). The zero-order valence-corrected chi connectivity index (χ0v) is 10.1. The largest absolute Gasteiger partial charge is 0.481 e. The molecule has 1 unspecified atom stereocenters. The van der Waals surface area contributed by atoms with E-state index in [9.17, 15) is 14.4 Å². The van der Waals surface area contributed by atoms with Crippen molar-refractivity contribution in [1.29, 1.82) is 0 Å². The van der Waals surface area contributed by atoms with Crippen LogP contribution in [0.4, 0.5) is 0 Å². The van der Waals surface area contributed by atoms with Crippen LogP contribution in [0.5, 0.6) is 0 Å². The molecule has 6 heteroatoms. The van der Waals surface area contributed by atoms with Gasteiger partial charge in [0.25, 0.3) is 0 Å². The number of carboxylic acid groups (broad SMARTS) is 2. The van der Waals surface area contributed by atoms with E-state index in [1.165, 1.54) is 0 Å². The van der Waals surface area contributed by atoms with Gasteiger partial charge >= 0.3 is 11.9 Å². The molecule has 0 aromatic rings. The Morgan fingerprint density at radius 1 is 1.24 bits per heavy atom. The Balaban J connectivity index is 4.20. The fourth-order valence-electron chi connectivity index (χ4n) is 1.21. The third-order valence-corrected chi connectivity index (χ3v) is 2.56. The summed E-state index contributed by atoms with van der Waals surface area (Å²) < 4.78 is 0. The summed E-state index contributed by atoms with van der Waals surface area (Å²) in [5.41, 5.74) is 0. The van der Waals surface area contributed by atoms with E-state index in [0.29, 0.717) is 6.42 Å². The van der Waals surface area contributed by atoms with E-state index in [1.807, 2.05) is 6.92 Å². The standard InChI is InChI=1S/C11H19NO5/c1-3-7(2)10(15)12-8(11(16)17)5-4-6-9(13)14/h7-8H,3-6H2,1-2H3,(H,12,15)(H,13,14)(H,16,17)/t7?,8-/m1/s1. The summed E-state index contributed by atoms with van der Waals surface area (Å²) in [7, 11) is 0. The summed E-state index contributed by atoms with van der Waals surface area (Å²) in [6, 6.07) is -1.00. The Morgan fingerprint density at radius 2 is 1.82 bits per heavy atom. The lowest BCUT2D eigenvalue weighted by atomic mass is 10.1. The van der Waals surface area contributed by atoms with E-state index in [4.69, 9.17) is 10.2 Å². The topological polar surface area (TPSA) is 104 Å². The molecule has 0 aliphatic heterocycles. The highest BCUT2D eigenvalue weighted by Crippen LogP contribution is 2.05. The zero-order valence-electron chi connectivity index (χ0n) is 10.1. The molecule has 3 N–H and O–H groups in total. The molecule has 0 fully saturated rings. The predicted molar refractivity (Wildman–Crippen MR) is 60.5 cm³/mol. The third kappa shape index (κ3) is 6.55. The zero-order chi connectivity index (χ0) is 13.4. The van der Waals surface area contributed by atoms with Crippen LogP contribution in [0.3, 0.4) is 0 Å². The summed E-state index contributed by atoms with van der Waals surface area (Å²) in [5, 5.41) is 19.7. The van der Waals surface area contributed by atoms with Crippen molar-refractivity contribution in [1.82, 2.24) is 5.32 Å². The van der Waals surface area contributed by atoms with Crippen molar-refractivity contribution in [2.24, 2.45) is 5.92 Å². The molecular weight excluding hydrogens is 226 g/mol. The second-order valence-electron chi connectivity index (χ2n) is 3.99. The first-order chi connectivity index (χ1) is 7.88. The van der Waals surface area contributed by atoms with Crippen LogP contribution < -0.4 is 5.32 Å². The van der Waals surface area contributed by atoms with Crippen LogP contribution in [0.1, 0.15) is 39.5 Å². The molecule has 6 nitrogen and oxygen atoms in total. The highest BCUT2D eigenvalue weighted by molar-refractivity contribution is 5.84. The second-order valence-corrected chi connectivity index (χ2v) is 3.99. The third-order valence-electron chi connectivity index (χ3n) is 2.56. The SMILES string of the molecule is CCC(C)C(=O)N[C@H](CCCC(=O)O)C(=O)O. The van der Waals surface area contributed by atoms with Crippen LogP contribution in [0.25, 0.3) is 0 Å². The van der Waals surface area contributed by atoms with Crippen molar-refractivity contribution in [3.63, 3.8) is 0 Å². The summed E-state index contributed by atoms with van der Waals surface area (Å²) in [4.78, 5) is 32.6. The van der Waals surface area contributed by atoms with Crippen molar-refractivity contribution in [3.8, 4) is 0 Å². The number of nitrogens with one attached hydrogen (secondary N) is 1. The van der Waals surface area contributed by atoms with Crippen molar-refractivity contribution in [2.45, 2.75) is 45.6 Å². The Morgan fingerprint density at radius 3 is 2.24 bits per heavy atom. The minimum Gasteiger partial charge on any atom is -0.481 e. The molecule has 0 aliphatic carbocycles. The van der Waals surface area contributed by atoms with Gasteiger partial charge in [0.2, 0.25) is 5.91 Å². The first-order valence-electron chi connectivity index (χ1n) is 5.63. The predicted octanol–water partition coefficient (Wildman–Crippen LogP) is 0.857. The molecule has 1 amide bonds. The first-order valence-corrected chi connectivity index (χ1v) is 5.63. The Kier molecular flexibility index (Phi) is 6.93. The van der Waals surface area contributed by atoms with Crippen molar-refractivity contribution in [3.05, 3.63) is 0 Å². The summed E-state index contributed by atoms with van der Waals surface area (Å²) in [5.74, 6) is -2.65. The van der Waals surface area contributed by atoms with Crippen LogP contribution >= 0.6 is 0 Å². The highest BCUT2D eigenvalue weighted by atomic mass is 16.4. The van der Waals surface area contributed by atoms with Gasteiger partial charge in [-0.05, 0) is 19.3 Å². The quantitative estimate of drug-likeness (QED) is 0.588. The molecule has 0 aromatic carbocycles. The van der Waals surface area contributed by atoms with Crippen molar-refractivity contribution in [2.75, 3.05) is 0 Å². The van der Waals surface area contributed by atoms with Gasteiger partial charge in [0.1, 0.15) is 6.04 Å². The molecule has 17 heavy (non-hydrogen) atoms. The van der Waals surface area contributed by atoms with Crippen LogP contribution in [0.2, 0.25) is 0 Å². The van der Waals surface area contributed by atoms with Gasteiger partial charge in [0, 0.05) is 12.3 Å². The summed E-state index contributed by atoms with van der Waals surface area (Å²) in [6.45, 7) is 3.55. The molecule has 0 heterocycles. The maximum absolute atomic E-state index is 11.5. The van der Waals surface area contributed by atoms with Gasteiger partial charge in [-0.1, -0.05) is 13.8 Å². The smallest absolute Gasteiger partial charge is 0.326 e. The van der Waals surface area contributed by atoms with Crippen LogP contribution in [-0.2, 0) is 14.4 Å². The fraction of sp³-hybridized carbons (Fsp3) is 0.727. The van der Waals surface area contributed by atoms with E-state index in [-0.39, 0.29) is 31.1 Å². The van der Waals surface area contributed by atoms with Gasteiger partial charge in [0.15, 0.2) is 0 Å². The van der Waals surface area contributed by atoms with Gasteiger partial charge in [-0.3, -0.25) is 9.59 Å². The van der Waals surface area contributed by atoms with Crippen LogP contribution in [0, 0.1) is 5.92 Å². The van der Waals surface area contributed by atoms with E-state index >= 15 is 0 Å². The Bertz CT molecular complexity index is 290. The number of aliphatic carboxylic acids is 2. The molecule has 0 radical (unpaired) electrons. The molecule has 2 atom stereocenters. The fourth-order valence-corrected chi connectivity index (χ4v) is 1.21. The lowest BCUT2D eigenvalue weighted by molar-refractivity contribution is -0.143. The lowest BCUT2D eigenvalue weighted by Crippen LogP contribution is -2.43. The molecule has 0 saturated carbocycles. The molecular formula is C11H19NO5. The molecule has 0 aromatic heterocycles. The minimum atomic E-state index is -1.13. The average molecular weight is 245 g/mol. The van der Waals surface area contributed by atoms with Gasteiger partial charge in [-0.25, -0.2) is 4.79 Å². The van der Waals surface area contributed by atoms with E-state index < -0.39 is 18.0 Å². The maximum atomic E-state index is 11.5. The first kappa shape index (κ1) is 15.4. The summed E-state index contributed by atoms with van der Waals surface area (Å²) in [6.07, 6.45) is 0.896. The normalized spacial score (nSPS) is 13.8. The van der Waals surface area contributed by atoms with Crippen molar-refractivity contribution >= 4 is 17.8 Å². The van der Waals surface area contributed by atoms with E-state index in [0.717, 1.165) is 0 Å². The van der Waals surface area contributed by atoms with Crippen LogP contribution in [0.15, 0.2) is 0 Å². The van der Waals surface area contributed by atoms with Gasteiger partial charge < -0.3 is 15.5 Å². The average Bonchev–Trinajstić information content (AvgIpc) is 2.25. The van der Waals surface area contributed by atoms with E-state index in [1.54, 1.807) is 6.92 Å². The number of carbonyl (C=O) groups is 3.